The lowest BCUT2D eigenvalue weighted by molar-refractivity contribution is 0.267. The van der Waals surface area contributed by atoms with Gasteiger partial charge in [0.2, 0.25) is 0 Å². The summed E-state index contributed by atoms with van der Waals surface area (Å²) in [6, 6.07) is 7.24. The lowest BCUT2D eigenvalue weighted by Crippen LogP contribution is -2.05. The number of benzene rings is 1. The third kappa shape index (κ3) is 2.72. The fraction of sp³-hybridized carbons (Fsp3) is 0.455. The zero-order chi connectivity index (χ0) is 11.3. The molecule has 15 heavy (non-hydrogen) atoms. The lowest BCUT2D eigenvalue weighted by Gasteiger charge is -2.16. The molecule has 1 aromatic rings. The largest absolute Gasteiger partial charge is 0.396 e. The summed E-state index contributed by atoms with van der Waals surface area (Å²) in [6.07, 6.45) is 0. The van der Waals surface area contributed by atoms with E-state index in [-0.39, 0.29) is 6.61 Å². The molecule has 0 aliphatic rings. The van der Waals surface area contributed by atoms with E-state index in [0.717, 1.165) is 11.1 Å². The molecule has 4 nitrogen and oxygen atoms in total. The zero-order valence-corrected chi connectivity index (χ0v) is 8.96. The normalized spacial score (nSPS) is 12.3. The summed E-state index contributed by atoms with van der Waals surface area (Å²) in [7, 11) is 0. The summed E-state index contributed by atoms with van der Waals surface area (Å²) in [6.45, 7) is 3.99. The molecule has 0 aliphatic heterocycles. The van der Waals surface area contributed by atoms with Gasteiger partial charge < -0.3 is 5.11 Å². The first-order valence-electron chi connectivity index (χ1n) is 4.94. The van der Waals surface area contributed by atoms with Gasteiger partial charge in [-0.2, -0.15) is 0 Å². The maximum Gasteiger partial charge on any atom is 0.0859 e. The first kappa shape index (κ1) is 11.6. The second-order valence-corrected chi connectivity index (χ2v) is 3.69. The summed E-state index contributed by atoms with van der Waals surface area (Å²) in [5.41, 5.74) is 10.4. The Morgan fingerprint density at radius 1 is 1.33 bits per heavy atom. The Balaban J connectivity index is 3.15. The molecule has 0 spiro atoms. The molecule has 1 N–H and O–H groups in total. The van der Waals surface area contributed by atoms with Crippen molar-refractivity contribution in [2.75, 3.05) is 6.61 Å². The molecule has 0 saturated heterocycles. The van der Waals surface area contributed by atoms with Gasteiger partial charge in [-0.3, -0.25) is 0 Å². The molecular weight excluding hydrogens is 190 g/mol. The Morgan fingerprint density at radius 3 is 2.40 bits per heavy atom. The summed E-state index contributed by atoms with van der Waals surface area (Å²) in [5.74, 6) is 0.351. The number of aliphatic hydroxyl groups is 1. The highest BCUT2D eigenvalue weighted by Gasteiger charge is 2.13. The van der Waals surface area contributed by atoms with Crippen molar-refractivity contribution in [3.63, 3.8) is 0 Å². The van der Waals surface area contributed by atoms with Crippen LogP contribution < -0.4 is 0 Å². The van der Waals surface area contributed by atoms with Gasteiger partial charge in [0.1, 0.15) is 0 Å². The van der Waals surface area contributed by atoms with Crippen molar-refractivity contribution >= 4 is 0 Å². The number of aliphatic hydroxyl groups excluding tert-OH is 1. The van der Waals surface area contributed by atoms with Crippen molar-refractivity contribution in [3.8, 4) is 0 Å². The van der Waals surface area contributed by atoms with E-state index in [1.165, 1.54) is 0 Å². The van der Waals surface area contributed by atoms with E-state index in [1.54, 1.807) is 0 Å². The number of rotatable bonds is 4. The Kier molecular flexibility index (Phi) is 4.16. The van der Waals surface area contributed by atoms with Crippen LogP contribution in [0, 0.1) is 0 Å². The minimum absolute atomic E-state index is 0.159. The van der Waals surface area contributed by atoms with Crippen LogP contribution >= 0.6 is 0 Å². The number of hydrogen-bond donors (Lipinski definition) is 1. The van der Waals surface area contributed by atoms with Gasteiger partial charge in [0, 0.05) is 4.91 Å². The van der Waals surface area contributed by atoms with Crippen molar-refractivity contribution < 1.29 is 5.11 Å². The van der Waals surface area contributed by atoms with Gasteiger partial charge in [-0.15, -0.1) is 0 Å². The monoisotopic (exact) mass is 205 g/mol. The van der Waals surface area contributed by atoms with E-state index in [1.807, 2.05) is 24.3 Å². The maximum atomic E-state index is 9.15. The highest BCUT2D eigenvalue weighted by molar-refractivity contribution is 5.32. The molecule has 1 rings (SSSR count). The molecule has 0 radical (unpaired) electrons. The number of hydrogen-bond acceptors (Lipinski definition) is 2. The van der Waals surface area contributed by atoms with Crippen LogP contribution in [0.5, 0.6) is 0 Å². The van der Waals surface area contributed by atoms with E-state index in [0.29, 0.717) is 5.92 Å². The van der Waals surface area contributed by atoms with Crippen molar-refractivity contribution in [1.29, 1.82) is 0 Å². The van der Waals surface area contributed by atoms with Crippen molar-refractivity contribution in [2.24, 2.45) is 5.11 Å². The van der Waals surface area contributed by atoms with Crippen LogP contribution in [-0.2, 0) is 0 Å². The molecule has 0 bridgehead atoms. The van der Waals surface area contributed by atoms with E-state index in [4.69, 9.17) is 10.6 Å². The molecule has 1 atom stereocenters. The van der Waals surface area contributed by atoms with Crippen LogP contribution in [0.25, 0.3) is 10.4 Å². The van der Waals surface area contributed by atoms with Gasteiger partial charge in [0.05, 0.1) is 12.6 Å². The van der Waals surface area contributed by atoms with E-state index in [9.17, 15) is 0 Å². The number of azide groups is 1. The van der Waals surface area contributed by atoms with Gasteiger partial charge in [-0.25, -0.2) is 0 Å². The molecule has 4 heteroatoms. The highest BCUT2D eigenvalue weighted by atomic mass is 16.3. The maximum absolute atomic E-state index is 9.15. The molecule has 80 valence electrons. The Labute approximate surface area is 89.2 Å². The van der Waals surface area contributed by atoms with Crippen LogP contribution in [-0.4, -0.2) is 11.7 Å². The number of nitrogens with zero attached hydrogens (tertiary/aromatic N) is 3. The summed E-state index contributed by atoms with van der Waals surface area (Å²) in [4.78, 5) is 2.75. The van der Waals surface area contributed by atoms with Crippen LogP contribution in [0.15, 0.2) is 29.4 Å². The quantitative estimate of drug-likeness (QED) is 0.458. The predicted molar refractivity (Wildman–Crippen MR) is 59.5 cm³/mol. The van der Waals surface area contributed by atoms with Crippen LogP contribution in [0.3, 0.4) is 0 Å². The van der Waals surface area contributed by atoms with Gasteiger partial charge >= 0.3 is 0 Å². The SMILES string of the molecule is CC(C)c1ccccc1C(CO)N=[N+]=[N-]. The van der Waals surface area contributed by atoms with Gasteiger partial charge in [0.15, 0.2) is 0 Å². The van der Waals surface area contributed by atoms with E-state index >= 15 is 0 Å². The van der Waals surface area contributed by atoms with Crippen molar-refractivity contribution in [2.45, 2.75) is 25.8 Å². The van der Waals surface area contributed by atoms with Gasteiger partial charge in [-0.1, -0.05) is 43.2 Å². The second kappa shape index (κ2) is 5.39. The van der Waals surface area contributed by atoms with Crippen LogP contribution in [0.2, 0.25) is 0 Å². The van der Waals surface area contributed by atoms with Crippen LogP contribution in [0.1, 0.15) is 36.9 Å². The highest BCUT2D eigenvalue weighted by Crippen LogP contribution is 2.26. The van der Waals surface area contributed by atoms with Gasteiger partial charge in [0.25, 0.3) is 0 Å². The van der Waals surface area contributed by atoms with Crippen LogP contribution in [0.4, 0.5) is 0 Å². The van der Waals surface area contributed by atoms with Crippen molar-refractivity contribution in [3.05, 3.63) is 45.8 Å². The second-order valence-electron chi connectivity index (χ2n) is 3.69. The first-order chi connectivity index (χ1) is 7.20. The molecule has 1 aromatic carbocycles. The average molecular weight is 205 g/mol. The smallest absolute Gasteiger partial charge is 0.0859 e. The Hall–Kier alpha value is -1.51. The summed E-state index contributed by atoms with van der Waals surface area (Å²) in [5, 5.41) is 12.7. The minimum Gasteiger partial charge on any atom is -0.396 e. The molecular formula is C11H15N3O. The third-order valence-electron chi connectivity index (χ3n) is 2.34. The molecule has 0 heterocycles. The Bertz CT molecular complexity index is 370. The molecule has 0 saturated carbocycles. The molecule has 0 fully saturated rings. The Morgan fingerprint density at radius 2 is 1.93 bits per heavy atom. The molecule has 0 amide bonds. The topological polar surface area (TPSA) is 69.0 Å². The van der Waals surface area contributed by atoms with E-state index < -0.39 is 6.04 Å². The zero-order valence-electron chi connectivity index (χ0n) is 8.96. The molecule has 1 unspecified atom stereocenters. The third-order valence-corrected chi connectivity index (χ3v) is 2.34. The fourth-order valence-corrected chi connectivity index (χ4v) is 1.60. The van der Waals surface area contributed by atoms with E-state index in [2.05, 4.69) is 23.9 Å². The summed E-state index contributed by atoms with van der Waals surface area (Å²) >= 11 is 0. The first-order valence-corrected chi connectivity index (χ1v) is 4.94. The molecule has 0 aromatic heterocycles. The lowest BCUT2D eigenvalue weighted by atomic mass is 9.93. The fourth-order valence-electron chi connectivity index (χ4n) is 1.60. The minimum atomic E-state index is -0.478. The standard InChI is InChI=1S/C11H15N3O/c1-8(2)9-5-3-4-6-10(9)11(7-15)13-14-12/h3-6,8,11,15H,7H2,1-2H3. The van der Waals surface area contributed by atoms with Crippen molar-refractivity contribution in [1.82, 2.24) is 0 Å². The molecule has 0 aliphatic carbocycles. The van der Waals surface area contributed by atoms with Gasteiger partial charge in [-0.05, 0) is 22.6 Å². The average Bonchev–Trinajstić information content (AvgIpc) is 2.26. The summed E-state index contributed by atoms with van der Waals surface area (Å²) < 4.78 is 0. The predicted octanol–water partition coefficient (Wildman–Crippen LogP) is 3.15.